The Morgan fingerprint density at radius 1 is 1.40 bits per heavy atom. The van der Waals surface area contributed by atoms with E-state index in [1.165, 1.54) is 16.9 Å². The lowest BCUT2D eigenvalue weighted by molar-refractivity contribution is 0.0691. The van der Waals surface area contributed by atoms with Crippen LogP contribution in [-0.4, -0.2) is 22.7 Å². The maximum atomic E-state index is 10.7. The van der Waals surface area contributed by atoms with Crippen LogP contribution in [0.25, 0.3) is 0 Å². The number of benzene rings is 1. The molecule has 4 nitrogen and oxygen atoms in total. The van der Waals surface area contributed by atoms with Crippen molar-refractivity contribution in [3.63, 3.8) is 0 Å². The number of carboxylic acid groups (broad SMARTS) is 1. The summed E-state index contributed by atoms with van der Waals surface area (Å²) in [6, 6.07) is 7.98. The SMILES string of the molecule is Cc1cccc(OCCCCc2nc(C(=O)O)cs2)c1. The zero-order chi connectivity index (χ0) is 14.4. The fourth-order valence-electron chi connectivity index (χ4n) is 1.80. The molecule has 0 aliphatic carbocycles. The van der Waals surface area contributed by atoms with Gasteiger partial charge in [0.15, 0.2) is 5.69 Å². The first-order chi connectivity index (χ1) is 9.65. The average Bonchev–Trinajstić information content (AvgIpc) is 2.87. The van der Waals surface area contributed by atoms with Crippen LogP contribution in [0.5, 0.6) is 5.75 Å². The van der Waals surface area contributed by atoms with Crippen LogP contribution in [0.2, 0.25) is 0 Å². The molecule has 0 atom stereocenters. The molecule has 1 N–H and O–H groups in total. The van der Waals surface area contributed by atoms with Crippen LogP contribution in [0.4, 0.5) is 0 Å². The summed E-state index contributed by atoms with van der Waals surface area (Å²) in [4.78, 5) is 14.8. The molecule has 0 unspecified atom stereocenters. The number of rotatable bonds is 7. The highest BCUT2D eigenvalue weighted by Crippen LogP contribution is 2.15. The first-order valence-corrected chi connectivity index (χ1v) is 7.40. The molecule has 1 aromatic heterocycles. The zero-order valence-electron chi connectivity index (χ0n) is 11.3. The van der Waals surface area contributed by atoms with Crippen LogP contribution in [-0.2, 0) is 6.42 Å². The van der Waals surface area contributed by atoms with Gasteiger partial charge in [-0.25, -0.2) is 9.78 Å². The van der Waals surface area contributed by atoms with Crippen molar-refractivity contribution in [2.45, 2.75) is 26.2 Å². The van der Waals surface area contributed by atoms with Gasteiger partial charge < -0.3 is 9.84 Å². The number of aromatic nitrogens is 1. The van der Waals surface area contributed by atoms with Gasteiger partial charge in [-0.3, -0.25) is 0 Å². The van der Waals surface area contributed by atoms with Crippen LogP contribution in [0.1, 0.15) is 33.9 Å². The Hall–Kier alpha value is -1.88. The van der Waals surface area contributed by atoms with Gasteiger partial charge in [0.05, 0.1) is 11.6 Å². The number of hydrogen-bond acceptors (Lipinski definition) is 4. The van der Waals surface area contributed by atoms with Crippen molar-refractivity contribution < 1.29 is 14.6 Å². The first kappa shape index (κ1) is 14.5. The highest BCUT2D eigenvalue weighted by molar-refractivity contribution is 7.09. The average molecular weight is 291 g/mol. The standard InChI is InChI=1S/C15H17NO3S/c1-11-5-4-6-12(9-11)19-8-3-2-7-14-16-13(10-20-14)15(17)18/h4-6,9-10H,2-3,7-8H2,1H3,(H,17,18). The monoisotopic (exact) mass is 291 g/mol. The zero-order valence-corrected chi connectivity index (χ0v) is 12.2. The molecular formula is C15H17NO3S. The molecule has 0 aliphatic rings. The van der Waals surface area contributed by atoms with E-state index in [-0.39, 0.29) is 5.69 Å². The van der Waals surface area contributed by atoms with Crippen LogP contribution in [0, 0.1) is 6.92 Å². The second kappa shape index (κ2) is 7.05. The minimum atomic E-state index is -0.963. The van der Waals surface area contributed by atoms with E-state index in [0.717, 1.165) is 30.0 Å². The summed E-state index contributed by atoms with van der Waals surface area (Å²) < 4.78 is 5.66. The number of nitrogens with zero attached hydrogens (tertiary/aromatic N) is 1. The van der Waals surface area contributed by atoms with Gasteiger partial charge >= 0.3 is 5.97 Å². The van der Waals surface area contributed by atoms with Crippen molar-refractivity contribution >= 4 is 17.3 Å². The number of aryl methyl sites for hydroxylation is 2. The lowest BCUT2D eigenvalue weighted by Crippen LogP contribution is -1.99. The van der Waals surface area contributed by atoms with Gasteiger partial charge in [0.2, 0.25) is 0 Å². The van der Waals surface area contributed by atoms with Gasteiger partial charge in [-0.05, 0) is 43.9 Å². The Morgan fingerprint density at radius 3 is 2.95 bits per heavy atom. The van der Waals surface area contributed by atoms with Crippen molar-refractivity contribution in [2.75, 3.05) is 6.61 Å². The van der Waals surface area contributed by atoms with E-state index in [1.807, 2.05) is 31.2 Å². The molecule has 2 aromatic rings. The van der Waals surface area contributed by atoms with Gasteiger partial charge in [0.25, 0.3) is 0 Å². The Bertz CT molecular complexity index is 580. The summed E-state index contributed by atoms with van der Waals surface area (Å²) in [6.45, 7) is 2.70. The maximum Gasteiger partial charge on any atom is 0.355 e. The molecule has 106 valence electrons. The summed E-state index contributed by atoms with van der Waals surface area (Å²) in [5.74, 6) is -0.0670. The van der Waals surface area contributed by atoms with Gasteiger partial charge in [-0.15, -0.1) is 11.3 Å². The van der Waals surface area contributed by atoms with Crippen molar-refractivity contribution in [1.82, 2.24) is 4.98 Å². The largest absolute Gasteiger partial charge is 0.494 e. The van der Waals surface area contributed by atoms with Crippen molar-refractivity contribution in [1.29, 1.82) is 0 Å². The third-order valence-electron chi connectivity index (χ3n) is 2.81. The van der Waals surface area contributed by atoms with Crippen LogP contribution in [0.15, 0.2) is 29.6 Å². The molecule has 0 aliphatic heterocycles. The molecule has 5 heteroatoms. The molecule has 0 fully saturated rings. The van der Waals surface area contributed by atoms with Crippen molar-refractivity contribution in [3.05, 3.63) is 45.9 Å². The molecule has 20 heavy (non-hydrogen) atoms. The summed E-state index contributed by atoms with van der Waals surface area (Å²) in [6.07, 6.45) is 2.67. The molecule has 0 amide bonds. The molecule has 0 saturated carbocycles. The van der Waals surface area contributed by atoms with Crippen LogP contribution >= 0.6 is 11.3 Å². The van der Waals surface area contributed by atoms with E-state index in [0.29, 0.717) is 6.61 Å². The number of hydrogen-bond donors (Lipinski definition) is 1. The Kier molecular flexibility index (Phi) is 5.12. The fourth-order valence-corrected chi connectivity index (χ4v) is 2.61. The van der Waals surface area contributed by atoms with E-state index in [2.05, 4.69) is 4.98 Å². The number of ether oxygens (including phenoxy) is 1. The van der Waals surface area contributed by atoms with Gasteiger partial charge in [-0.2, -0.15) is 0 Å². The van der Waals surface area contributed by atoms with Gasteiger partial charge in [0, 0.05) is 5.38 Å². The molecule has 0 saturated heterocycles. The van der Waals surface area contributed by atoms with E-state index in [9.17, 15) is 4.79 Å². The molecular weight excluding hydrogens is 274 g/mol. The second-order valence-corrected chi connectivity index (χ2v) is 5.50. The van der Waals surface area contributed by atoms with E-state index >= 15 is 0 Å². The number of aromatic carboxylic acids is 1. The summed E-state index contributed by atoms with van der Waals surface area (Å²) in [5, 5.41) is 11.2. The Labute approximate surface area is 122 Å². The summed E-state index contributed by atoms with van der Waals surface area (Å²) >= 11 is 1.40. The molecule has 1 heterocycles. The topological polar surface area (TPSA) is 59.4 Å². The maximum absolute atomic E-state index is 10.7. The summed E-state index contributed by atoms with van der Waals surface area (Å²) in [5.41, 5.74) is 1.33. The highest BCUT2D eigenvalue weighted by Gasteiger charge is 2.07. The molecule has 0 bridgehead atoms. The van der Waals surface area contributed by atoms with E-state index < -0.39 is 5.97 Å². The third-order valence-corrected chi connectivity index (χ3v) is 3.72. The van der Waals surface area contributed by atoms with Crippen molar-refractivity contribution in [3.8, 4) is 5.75 Å². The van der Waals surface area contributed by atoms with E-state index in [4.69, 9.17) is 9.84 Å². The normalized spacial score (nSPS) is 10.4. The Balaban J connectivity index is 1.67. The smallest absolute Gasteiger partial charge is 0.355 e. The predicted molar refractivity (Wildman–Crippen MR) is 78.7 cm³/mol. The minimum Gasteiger partial charge on any atom is -0.494 e. The van der Waals surface area contributed by atoms with Crippen LogP contribution < -0.4 is 4.74 Å². The molecule has 2 rings (SSSR count). The minimum absolute atomic E-state index is 0.140. The number of thiazole rings is 1. The van der Waals surface area contributed by atoms with Crippen LogP contribution in [0.3, 0.4) is 0 Å². The first-order valence-electron chi connectivity index (χ1n) is 6.52. The Morgan fingerprint density at radius 2 is 2.25 bits per heavy atom. The third kappa shape index (κ3) is 4.35. The predicted octanol–water partition coefficient (Wildman–Crippen LogP) is 3.55. The molecule has 0 radical (unpaired) electrons. The number of carboxylic acids is 1. The molecule has 0 spiro atoms. The fraction of sp³-hybridized carbons (Fsp3) is 0.333. The number of carbonyl (C=O) groups is 1. The quantitative estimate of drug-likeness (QED) is 0.792. The number of unbranched alkanes of at least 4 members (excludes halogenated alkanes) is 1. The lowest BCUT2D eigenvalue weighted by Gasteiger charge is -2.06. The van der Waals surface area contributed by atoms with Crippen molar-refractivity contribution in [2.24, 2.45) is 0 Å². The van der Waals surface area contributed by atoms with Gasteiger partial charge in [0.1, 0.15) is 5.75 Å². The lowest BCUT2D eigenvalue weighted by atomic mass is 10.2. The second-order valence-electron chi connectivity index (χ2n) is 4.55. The summed E-state index contributed by atoms with van der Waals surface area (Å²) in [7, 11) is 0. The molecule has 1 aromatic carbocycles. The van der Waals surface area contributed by atoms with Gasteiger partial charge in [-0.1, -0.05) is 12.1 Å². The highest BCUT2D eigenvalue weighted by atomic mass is 32.1. The van der Waals surface area contributed by atoms with E-state index in [1.54, 1.807) is 5.38 Å².